The number of nitrogens with zero attached hydrogens (tertiary/aromatic N) is 1. The zero-order valence-corrected chi connectivity index (χ0v) is 22.7. The van der Waals surface area contributed by atoms with Crippen molar-refractivity contribution in [2.45, 2.75) is 31.2 Å². The van der Waals surface area contributed by atoms with Crippen molar-refractivity contribution in [2.75, 3.05) is 34.4 Å². The van der Waals surface area contributed by atoms with Crippen molar-refractivity contribution in [1.82, 2.24) is 9.62 Å². The molecule has 1 atom stereocenters. The summed E-state index contributed by atoms with van der Waals surface area (Å²) in [5.74, 6) is 1.31. The van der Waals surface area contributed by atoms with E-state index < -0.39 is 15.9 Å². The predicted molar refractivity (Wildman–Crippen MR) is 143 cm³/mol. The van der Waals surface area contributed by atoms with Gasteiger partial charge in [0, 0.05) is 6.54 Å². The van der Waals surface area contributed by atoms with Gasteiger partial charge in [0.05, 0.1) is 38.8 Å². The van der Waals surface area contributed by atoms with Gasteiger partial charge in [-0.05, 0) is 67.3 Å². The Morgan fingerprint density at radius 1 is 0.892 bits per heavy atom. The van der Waals surface area contributed by atoms with Gasteiger partial charge in [0.25, 0.3) is 0 Å². The summed E-state index contributed by atoms with van der Waals surface area (Å²) in [5.41, 5.74) is 2.47. The minimum Gasteiger partial charge on any atom is -0.496 e. The lowest BCUT2D eigenvalue weighted by molar-refractivity contribution is -0.121. The van der Waals surface area contributed by atoms with Crippen LogP contribution in [0, 0.1) is 6.92 Å². The summed E-state index contributed by atoms with van der Waals surface area (Å²) < 4.78 is 44.4. The number of hydrogen-bond donors (Lipinski definition) is 1. The molecule has 0 unspecified atom stereocenters. The Kier molecular flexibility index (Phi) is 9.54. The largest absolute Gasteiger partial charge is 0.496 e. The van der Waals surface area contributed by atoms with Gasteiger partial charge in [-0.3, -0.25) is 4.79 Å². The first-order chi connectivity index (χ1) is 17.7. The van der Waals surface area contributed by atoms with Gasteiger partial charge in [-0.25, -0.2) is 8.42 Å². The highest BCUT2D eigenvalue weighted by molar-refractivity contribution is 7.89. The highest BCUT2D eigenvalue weighted by Crippen LogP contribution is 2.30. The zero-order chi connectivity index (χ0) is 27.0. The lowest BCUT2D eigenvalue weighted by Gasteiger charge is -2.24. The molecule has 9 heteroatoms. The number of hydrogen-bond acceptors (Lipinski definition) is 6. The molecule has 0 spiro atoms. The molecule has 0 saturated carbocycles. The van der Waals surface area contributed by atoms with Crippen LogP contribution in [0.1, 0.15) is 29.7 Å². The molecule has 1 N–H and O–H groups in total. The fourth-order valence-electron chi connectivity index (χ4n) is 4.00. The Morgan fingerprint density at radius 2 is 1.54 bits per heavy atom. The number of ether oxygens (including phenoxy) is 3. The van der Waals surface area contributed by atoms with Crippen molar-refractivity contribution in [3.63, 3.8) is 0 Å². The van der Waals surface area contributed by atoms with E-state index in [0.717, 1.165) is 11.1 Å². The Hall–Kier alpha value is -3.56. The molecule has 37 heavy (non-hydrogen) atoms. The highest BCUT2D eigenvalue weighted by atomic mass is 32.2. The van der Waals surface area contributed by atoms with Crippen LogP contribution in [-0.2, 0) is 21.2 Å². The van der Waals surface area contributed by atoms with Crippen LogP contribution in [0.15, 0.2) is 71.6 Å². The maximum Gasteiger partial charge on any atom is 0.243 e. The van der Waals surface area contributed by atoms with Crippen LogP contribution in [0.4, 0.5) is 0 Å². The van der Waals surface area contributed by atoms with E-state index in [2.05, 4.69) is 5.32 Å². The van der Waals surface area contributed by atoms with Gasteiger partial charge in [0.15, 0.2) is 11.5 Å². The van der Waals surface area contributed by atoms with Crippen LogP contribution in [0.2, 0.25) is 0 Å². The maximum absolute atomic E-state index is 13.6. The van der Waals surface area contributed by atoms with Crippen molar-refractivity contribution < 1.29 is 27.4 Å². The summed E-state index contributed by atoms with van der Waals surface area (Å²) in [4.78, 5) is 13.2. The van der Waals surface area contributed by atoms with E-state index in [1.807, 2.05) is 43.3 Å². The van der Waals surface area contributed by atoms with E-state index in [1.54, 1.807) is 45.4 Å². The molecule has 0 aliphatic carbocycles. The van der Waals surface area contributed by atoms with Crippen molar-refractivity contribution in [3.05, 3.63) is 83.4 Å². The summed E-state index contributed by atoms with van der Waals surface area (Å²) in [6.07, 6.45) is 0.466. The fourth-order valence-corrected chi connectivity index (χ4v) is 5.48. The van der Waals surface area contributed by atoms with Crippen LogP contribution in [0.5, 0.6) is 17.2 Å². The zero-order valence-electron chi connectivity index (χ0n) is 21.9. The second-order valence-corrected chi connectivity index (χ2v) is 10.5. The molecule has 0 aliphatic rings. The molecule has 0 heterocycles. The number of methoxy groups -OCH3 is 3. The molecule has 0 bridgehead atoms. The first-order valence-corrected chi connectivity index (χ1v) is 13.3. The van der Waals surface area contributed by atoms with E-state index in [-0.39, 0.29) is 24.0 Å². The lowest BCUT2D eigenvalue weighted by atomic mass is 10.1. The lowest BCUT2D eigenvalue weighted by Crippen LogP contribution is -2.42. The van der Waals surface area contributed by atoms with Crippen molar-refractivity contribution >= 4 is 15.9 Å². The smallest absolute Gasteiger partial charge is 0.243 e. The molecule has 3 aromatic rings. The van der Waals surface area contributed by atoms with Crippen LogP contribution in [0.3, 0.4) is 0 Å². The highest BCUT2D eigenvalue weighted by Gasteiger charge is 2.28. The predicted octanol–water partition coefficient (Wildman–Crippen LogP) is 4.13. The molecular weight excluding hydrogens is 492 g/mol. The average Bonchev–Trinajstić information content (AvgIpc) is 2.90. The van der Waals surface area contributed by atoms with Gasteiger partial charge < -0.3 is 19.5 Å². The third kappa shape index (κ3) is 7.02. The van der Waals surface area contributed by atoms with E-state index in [9.17, 15) is 13.2 Å². The second-order valence-electron chi connectivity index (χ2n) is 8.61. The third-order valence-corrected chi connectivity index (χ3v) is 7.94. The number of amides is 1. The SMILES string of the molecule is COc1ccc(S(=O)(=O)N(CCc2ccccc2)CC(=O)N[C@H](C)c2ccc(OC)c(OC)c2)cc1C. The number of rotatable bonds is 12. The van der Waals surface area contributed by atoms with Gasteiger partial charge in [0.1, 0.15) is 5.75 Å². The molecule has 3 rings (SSSR count). The van der Waals surface area contributed by atoms with Gasteiger partial charge >= 0.3 is 0 Å². The van der Waals surface area contributed by atoms with Gasteiger partial charge in [-0.1, -0.05) is 36.4 Å². The number of benzene rings is 3. The van der Waals surface area contributed by atoms with Crippen LogP contribution < -0.4 is 19.5 Å². The number of carbonyl (C=O) groups excluding carboxylic acids is 1. The Labute approximate surface area is 219 Å². The molecular formula is C28H34N2O6S. The minimum atomic E-state index is -3.95. The Morgan fingerprint density at radius 3 is 2.16 bits per heavy atom. The molecule has 0 fully saturated rings. The Bertz CT molecular complexity index is 1310. The summed E-state index contributed by atoms with van der Waals surface area (Å²) in [5, 5.41) is 2.91. The molecule has 0 aliphatic heterocycles. The standard InChI is InChI=1S/C28H34N2O6S/c1-20-17-24(12-14-25(20)34-3)37(32,33)30(16-15-22-9-7-6-8-10-22)19-28(31)29-21(2)23-11-13-26(35-4)27(18-23)36-5/h6-14,17-18,21H,15-16,19H2,1-5H3,(H,29,31)/t21-/m1/s1. The molecule has 0 saturated heterocycles. The summed E-state index contributed by atoms with van der Waals surface area (Å²) in [6, 6.07) is 19.3. The first-order valence-electron chi connectivity index (χ1n) is 11.9. The number of carbonyl (C=O) groups is 1. The quantitative estimate of drug-likeness (QED) is 0.381. The van der Waals surface area contributed by atoms with Gasteiger partial charge in [0.2, 0.25) is 15.9 Å². The summed E-state index contributed by atoms with van der Waals surface area (Å²) in [7, 11) is 0.677. The molecule has 0 radical (unpaired) electrons. The van der Waals surface area contributed by atoms with E-state index in [0.29, 0.717) is 29.2 Å². The normalized spacial score (nSPS) is 12.2. The minimum absolute atomic E-state index is 0.111. The maximum atomic E-state index is 13.6. The Balaban J connectivity index is 1.82. The van der Waals surface area contributed by atoms with E-state index in [1.165, 1.54) is 17.5 Å². The molecule has 198 valence electrons. The average molecular weight is 527 g/mol. The molecule has 1 amide bonds. The second kappa shape index (κ2) is 12.6. The molecule has 3 aromatic carbocycles. The van der Waals surface area contributed by atoms with E-state index >= 15 is 0 Å². The van der Waals surface area contributed by atoms with Crippen molar-refractivity contribution in [2.24, 2.45) is 0 Å². The van der Waals surface area contributed by atoms with Crippen LogP contribution in [0.25, 0.3) is 0 Å². The monoisotopic (exact) mass is 526 g/mol. The third-order valence-electron chi connectivity index (χ3n) is 6.10. The van der Waals surface area contributed by atoms with Crippen molar-refractivity contribution in [1.29, 1.82) is 0 Å². The van der Waals surface area contributed by atoms with E-state index in [4.69, 9.17) is 14.2 Å². The summed E-state index contributed by atoms with van der Waals surface area (Å²) in [6.45, 7) is 3.44. The van der Waals surface area contributed by atoms with Gasteiger partial charge in [-0.15, -0.1) is 0 Å². The summed E-state index contributed by atoms with van der Waals surface area (Å²) >= 11 is 0. The topological polar surface area (TPSA) is 94.2 Å². The molecule has 0 aromatic heterocycles. The first kappa shape index (κ1) is 28.0. The fraction of sp³-hybridized carbons (Fsp3) is 0.321. The van der Waals surface area contributed by atoms with Gasteiger partial charge in [-0.2, -0.15) is 4.31 Å². The number of nitrogens with one attached hydrogen (secondary N) is 1. The van der Waals surface area contributed by atoms with Crippen LogP contribution in [-0.4, -0.2) is 53.0 Å². The molecule has 8 nitrogen and oxygen atoms in total. The van der Waals surface area contributed by atoms with Crippen molar-refractivity contribution in [3.8, 4) is 17.2 Å². The number of sulfonamides is 1. The van der Waals surface area contributed by atoms with Crippen LogP contribution >= 0.6 is 0 Å². The number of aryl methyl sites for hydroxylation is 1.